The highest BCUT2D eigenvalue weighted by Gasteiger charge is 2.17. The topological polar surface area (TPSA) is 83.5 Å². The molecule has 1 aromatic rings. The van der Waals surface area contributed by atoms with Crippen molar-refractivity contribution in [1.82, 2.24) is 0 Å². The van der Waals surface area contributed by atoms with Crippen LogP contribution in [-0.2, 0) is 37.0 Å². The molecule has 1 N–H and O–H groups in total. The van der Waals surface area contributed by atoms with Crippen molar-refractivity contribution in [1.29, 1.82) is 0 Å². The van der Waals surface area contributed by atoms with Gasteiger partial charge in [-0.2, -0.15) is 0 Å². The lowest BCUT2D eigenvalue weighted by atomic mass is 10.0. The summed E-state index contributed by atoms with van der Waals surface area (Å²) in [5.74, 6) is -0.633. The van der Waals surface area contributed by atoms with Crippen molar-refractivity contribution >= 4 is 23.6 Å². The minimum atomic E-state index is -1.06. The third-order valence-corrected chi connectivity index (χ3v) is 3.81. The van der Waals surface area contributed by atoms with Gasteiger partial charge in [0, 0.05) is 25.9 Å². The standard InChI is InChI=1S/C18H25ClO7/c1-22-6-8-25-11-14-10-13(4-5-16(20)21)17(19)18(24-3)15(14)12-26-9-7-23-2/h4-5,10H,6-9,11-12H2,1-3H3,(H,20,21). The summed E-state index contributed by atoms with van der Waals surface area (Å²) >= 11 is 6.38. The van der Waals surface area contributed by atoms with E-state index in [9.17, 15) is 4.79 Å². The number of hydrogen-bond donors (Lipinski definition) is 1. The third-order valence-electron chi connectivity index (χ3n) is 3.42. The quantitative estimate of drug-likeness (QED) is 0.411. The number of ether oxygens (including phenoxy) is 5. The Balaban J connectivity index is 3.14. The number of benzene rings is 1. The molecule has 0 aliphatic heterocycles. The predicted molar refractivity (Wildman–Crippen MR) is 97.7 cm³/mol. The van der Waals surface area contributed by atoms with Crippen LogP contribution in [0.3, 0.4) is 0 Å². The summed E-state index contributed by atoms with van der Waals surface area (Å²) in [6.45, 7) is 2.32. The molecule has 0 atom stereocenters. The maximum atomic E-state index is 10.8. The first-order valence-electron chi connectivity index (χ1n) is 7.97. The zero-order chi connectivity index (χ0) is 19.4. The Morgan fingerprint density at radius 3 is 2.23 bits per heavy atom. The average Bonchev–Trinajstić information content (AvgIpc) is 2.62. The summed E-state index contributed by atoms with van der Waals surface area (Å²) < 4.78 is 26.6. The molecule has 7 nitrogen and oxygen atoms in total. The number of aliphatic carboxylic acids is 1. The van der Waals surface area contributed by atoms with Gasteiger partial charge in [0.15, 0.2) is 0 Å². The highest BCUT2D eigenvalue weighted by Crippen LogP contribution is 2.36. The van der Waals surface area contributed by atoms with Gasteiger partial charge in [-0.1, -0.05) is 11.6 Å². The molecule has 0 amide bonds. The summed E-state index contributed by atoms with van der Waals surface area (Å²) in [5, 5.41) is 9.17. The zero-order valence-electron chi connectivity index (χ0n) is 15.2. The first-order valence-corrected chi connectivity index (χ1v) is 8.35. The predicted octanol–water partition coefficient (Wildman–Crippen LogP) is 2.77. The molecule has 0 spiro atoms. The number of hydrogen-bond acceptors (Lipinski definition) is 6. The normalized spacial score (nSPS) is 11.2. The van der Waals surface area contributed by atoms with E-state index in [1.807, 2.05) is 0 Å². The molecule has 0 unspecified atom stereocenters. The van der Waals surface area contributed by atoms with E-state index in [0.717, 1.165) is 17.2 Å². The fraction of sp³-hybridized carbons (Fsp3) is 0.500. The van der Waals surface area contributed by atoms with Gasteiger partial charge >= 0.3 is 5.97 Å². The lowest BCUT2D eigenvalue weighted by molar-refractivity contribution is -0.131. The van der Waals surface area contributed by atoms with Crippen molar-refractivity contribution in [2.45, 2.75) is 13.2 Å². The van der Waals surface area contributed by atoms with Crippen LogP contribution in [0.5, 0.6) is 5.75 Å². The molecule has 0 saturated carbocycles. The van der Waals surface area contributed by atoms with Crippen molar-refractivity contribution in [2.75, 3.05) is 47.8 Å². The van der Waals surface area contributed by atoms with E-state index in [0.29, 0.717) is 42.8 Å². The molecule has 8 heteroatoms. The second kappa shape index (κ2) is 12.7. The molecular formula is C18H25ClO7. The van der Waals surface area contributed by atoms with Gasteiger partial charge in [0.05, 0.1) is 51.8 Å². The SMILES string of the molecule is COCCOCc1cc(C=CC(=O)O)c(Cl)c(OC)c1COCCOC. The Bertz CT molecular complexity index is 602. The van der Waals surface area contributed by atoms with Crippen LogP contribution in [0.15, 0.2) is 12.1 Å². The zero-order valence-corrected chi connectivity index (χ0v) is 16.0. The van der Waals surface area contributed by atoms with Crippen LogP contribution in [0.1, 0.15) is 16.7 Å². The number of carbonyl (C=O) groups is 1. The Labute approximate surface area is 158 Å². The first-order chi connectivity index (χ1) is 12.5. The second-order valence-corrected chi connectivity index (χ2v) is 5.59. The minimum absolute atomic E-state index is 0.262. The summed E-state index contributed by atoms with van der Waals surface area (Å²) in [5.41, 5.74) is 2.07. The monoisotopic (exact) mass is 388 g/mol. The average molecular weight is 389 g/mol. The maximum absolute atomic E-state index is 10.8. The van der Waals surface area contributed by atoms with E-state index in [-0.39, 0.29) is 13.2 Å². The van der Waals surface area contributed by atoms with E-state index in [2.05, 4.69) is 0 Å². The Morgan fingerprint density at radius 2 is 1.69 bits per heavy atom. The third kappa shape index (κ3) is 7.31. The van der Waals surface area contributed by atoms with Crippen LogP contribution < -0.4 is 4.74 Å². The molecular weight excluding hydrogens is 364 g/mol. The second-order valence-electron chi connectivity index (χ2n) is 5.21. The number of carboxylic acids is 1. The van der Waals surface area contributed by atoms with Crippen LogP contribution >= 0.6 is 11.6 Å². The highest BCUT2D eigenvalue weighted by molar-refractivity contribution is 6.33. The van der Waals surface area contributed by atoms with Gasteiger partial charge in [-0.3, -0.25) is 0 Å². The summed E-state index contributed by atoms with van der Waals surface area (Å²) in [6.07, 6.45) is 2.44. The first kappa shape index (κ1) is 22.4. The molecule has 0 heterocycles. The van der Waals surface area contributed by atoms with Gasteiger partial charge in [-0.05, 0) is 23.3 Å². The highest BCUT2D eigenvalue weighted by atomic mass is 35.5. The fourth-order valence-electron chi connectivity index (χ4n) is 2.17. The largest absolute Gasteiger partial charge is 0.495 e. The van der Waals surface area contributed by atoms with E-state index >= 15 is 0 Å². The minimum Gasteiger partial charge on any atom is -0.495 e. The van der Waals surface area contributed by atoms with Crippen molar-refractivity contribution in [3.8, 4) is 5.75 Å². The lowest BCUT2D eigenvalue weighted by Gasteiger charge is -2.18. The van der Waals surface area contributed by atoms with Crippen LogP contribution in [0.25, 0.3) is 6.08 Å². The molecule has 146 valence electrons. The Morgan fingerprint density at radius 1 is 1.08 bits per heavy atom. The number of carboxylic acid groups (broad SMARTS) is 1. The van der Waals surface area contributed by atoms with Crippen molar-refractivity contribution in [3.63, 3.8) is 0 Å². The lowest BCUT2D eigenvalue weighted by Crippen LogP contribution is -2.09. The molecule has 0 aliphatic rings. The summed E-state index contributed by atoms with van der Waals surface area (Å²) in [7, 11) is 4.69. The Hall–Kier alpha value is -1.64. The maximum Gasteiger partial charge on any atom is 0.328 e. The van der Waals surface area contributed by atoms with Crippen molar-refractivity contribution in [2.24, 2.45) is 0 Å². The number of methoxy groups -OCH3 is 3. The van der Waals surface area contributed by atoms with Crippen LogP contribution in [0.2, 0.25) is 5.02 Å². The molecule has 0 saturated heterocycles. The van der Waals surface area contributed by atoms with E-state index in [1.54, 1.807) is 20.3 Å². The number of rotatable bonds is 13. The van der Waals surface area contributed by atoms with Crippen molar-refractivity contribution in [3.05, 3.63) is 33.9 Å². The molecule has 1 rings (SSSR count). The summed E-state index contributed by atoms with van der Waals surface area (Å²) in [4.78, 5) is 10.8. The van der Waals surface area contributed by atoms with Gasteiger partial charge in [0.2, 0.25) is 0 Å². The van der Waals surface area contributed by atoms with Gasteiger partial charge in [-0.25, -0.2) is 4.79 Å². The van der Waals surface area contributed by atoms with Gasteiger partial charge in [0.1, 0.15) is 5.75 Å². The van der Waals surface area contributed by atoms with Crippen LogP contribution in [0, 0.1) is 0 Å². The Kier molecular flexibility index (Phi) is 10.9. The molecule has 0 radical (unpaired) electrons. The molecule has 0 aromatic heterocycles. The van der Waals surface area contributed by atoms with E-state index in [1.165, 1.54) is 13.2 Å². The molecule has 26 heavy (non-hydrogen) atoms. The molecule has 0 fully saturated rings. The van der Waals surface area contributed by atoms with Gasteiger partial charge in [-0.15, -0.1) is 0 Å². The van der Waals surface area contributed by atoms with Gasteiger partial charge < -0.3 is 28.8 Å². The molecule has 1 aromatic carbocycles. The summed E-state index contributed by atoms with van der Waals surface area (Å²) in [6, 6.07) is 1.77. The molecule has 0 bridgehead atoms. The van der Waals surface area contributed by atoms with Gasteiger partial charge in [0.25, 0.3) is 0 Å². The van der Waals surface area contributed by atoms with Crippen LogP contribution in [0.4, 0.5) is 0 Å². The van der Waals surface area contributed by atoms with E-state index < -0.39 is 5.97 Å². The van der Waals surface area contributed by atoms with Crippen molar-refractivity contribution < 1.29 is 33.6 Å². The van der Waals surface area contributed by atoms with Crippen LogP contribution in [-0.4, -0.2) is 58.8 Å². The number of halogens is 1. The fourth-order valence-corrected chi connectivity index (χ4v) is 2.48. The molecule has 0 aliphatic carbocycles. The van der Waals surface area contributed by atoms with E-state index in [4.69, 9.17) is 40.4 Å². The smallest absolute Gasteiger partial charge is 0.328 e.